The van der Waals surface area contributed by atoms with Gasteiger partial charge in [0, 0.05) is 6.54 Å². The monoisotopic (exact) mass is 307 g/mol. The highest BCUT2D eigenvalue weighted by molar-refractivity contribution is 5.79. The lowest BCUT2D eigenvalue weighted by atomic mass is 10.0. The molecular formula is C17H25NO4. The van der Waals surface area contributed by atoms with Crippen LogP contribution in [0.15, 0.2) is 24.3 Å². The molecule has 1 aromatic rings. The average molecular weight is 307 g/mol. The zero-order valence-corrected chi connectivity index (χ0v) is 13.3. The van der Waals surface area contributed by atoms with E-state index < -0.39 is 11.9 Å². The van der Waals surface area contributed by atoms with Crippen molar-refractivity contribution >= 4 is 11.9 Å². The lowest BCUT2D eigenvalue weighted by Crippen LogP contribution is -2.33. The summed E-state index contributed by atoms with van der Waals surface area (Å²) in [6.07, 6.45) is 2.50. The number of carbonyl (C=O) groups excluding carboxylic acids is 1. The maximum atomic E-state index is 11.9. The lowest BCUT2D eigenvalue weighted by molar-refractivity contribution is -0.141. The molecule has 0 heterocycles. The number of nitrogens with one attached hydrogen (secondary N) is 1. The summed E-state index contributed by atoms with van der Waals surface area (Å²) in [4.78, 5) is 23.0. The molecule has 2 N–H and O–H groups in total. The molecular weight excluding hydrogens is 282 g/mol. The highest BCUT2D eigenvalue weighted by atomic mass is 16.5. The van der Waals surface area contributed by atoms with Crippen molar-refractivity contribution in [3.8, 4) is 5.75 Å². The van der Waals surface area contributed by atoms with Crippen molar-refractivity contribution in [3.05, 3.63) is 29.8 Å². The van der Waals surface area contributed by atoms with Gasteiger partial charge in [-0.2, -0.15) is 0 Å². The Bertz CT molecular complexity index is 487. The molecule has 0 aliphatic carbocycles. The number of hydrogen-bond donors (Lipinski definition) is 2. The van der Waals surface area contributed by atoms with Crippen LogP contribution < -0.4 is 10.1 Å². The van der Waals surface area contributed by atoms with Crippen LogP contribution in [0.2, 0.25) is 0 Å². The van der Waals surface area contributed by atoms with Gasteiger partial charge in [0.1, 0.15) is 5.75 Å². The van der Waals surface area contributed by atoms with Gasteiger partial charge in [-0.1, -0.05) is 32.4 Å². The minimum Gasteiger partial charge on any atom is -0.494 e. The van der Waals surface area contributed by atoms with Crippen LogP contribution in [0, 0.1) is 5.92 Å². The Morgan fingerprint density at radius 3 is 2.68 bits per heavy atom. The topological polar surface area (TPSA) is 75.6 Å². The van der Waals surface area contributed by atoms with Gasteiger partial charge in [0.25, 0.3) is 0 Å². The van der Waals surface area contributed by atoms with E-state index in [9.17, 15) is 9.59 Å². The van der Waals surface area contributed by atoms with Gasteiger partial charge in [-0.3, -0.25) is 9.59 Å². The number of carboxylic acid groups (broad SMARTS) is 1. The maximum absolute atomic E-state index is 11.9. The summed E-state index contributed by atoms with van der Waals surface area (Å²) in [5, 5.41) is 11.8. The molecule has 1 amide bonds. The van der Waals surface area contributed by atoms with Crippen molar-refractivity contribution < 1.29 is 19.4 Å². The fraction of sp³-hybridized carbons (Fsp3) is 0.529. The van der Waals surface area contributed by atoms with Gasteiger partial charge in [0.05, 0.1) is 18.9 Å². The largest absolute Gasteiger partial charge is 0.494 e. The molecule has 0 aliphatic rings. The highest BCUT2D eigenvalue weighted by Crippen LogP contribution is 2.14. The van der Waals surface area contributed by atoms with Crippen LogP contribution in [0.25, 0.3) is 0 Å². The number of aliphatic carboxylic acids is 1. The van der Waals surface area contributed by atoms with E-state index in [2.05, 4.69) is 5.32 Å². The molecule has 0 spiro atoms. The molecule has 122 valence electrons. The second-order valence-electron chi connectivity index (χ2n) is 5.30. The predicted octanol–water partition coefficient (Wildman–Crippen LogP) is 2.64. The summed E-state index contributed by atoms with van der Waals surface area (Å²) >= 11 is 0. The van der Waals surface area contributed by atoms with Crippen molar-refractivity contribution in [2.75, 3.05) is 13.2 Å². The van der Waals surface area contributed by atoms with Gasteiger partial charge in [0.15, 0.2) is 0 Å². The van der Waals surface area contributed by atoms with Gasteiger partial charge < -0.3 is 15.2 Å². The van der Waals surface area contributed by atoms with Crippen LogP contribution in [-0.4, -0.2) is 30.1 Å². The summed E-state index contributed by atoms with van der Waals surface area (Å²) in [6.45, 7) is 4.78. The van der Waals surface area contributed by atoms with Crippen LogP contribution in [0.3, 0.4) is 0 Å². The quantitative estimate of drug-likeness (QED) is 0.697. The first-order valence-corrected chi connectivity index (χ1v) is 7.78. The fourth-order valence-corrected chi connectivity index (χ4v) is 2.11. The standard InChI is InChI=1S/C17H25NO4/c1-3-6-14(17(20)21)12-18-16(19)11-13-7-5-8-15(10-13)22-9-4-2/h5,7-8,10,14H,3-4,6,9,11-12H2,1-2H3,(H,18,19)(H,20,21). The number of carbonyl (C=O) groups is 2. The molecule has 1 rings (SSSR count). The number of amides is 1. The molecule has 1 unspecified atom stereocenters. The average Bonchev–Trinajstić information content (AvgIpc) is 2.49. The highest BCUT2D eigenvalue weighted by Gasteiger charge is 2.17. The van der Waals surface area contributed by atoms with E-state index in [4.69, 9.17) is 9.84 Å². The van der Waals surface area contributed by atoms with Gasteiger partial charge in [-0.05, 0) is 30.5 Å². The van der Waals surface area contributed by atoms with Gasteiger partial charge in [-0.15, -0.1) is 0 Å². The van der Waals surface area contributed by atoms with E-state index in [1.54, 1.807) is 0 Å². The van der Waals surface area contributed by atoms with Crippen molar-refractivity contribution in [1.29, 1.82) is 0 Å². The first kappa shape index (κ1) is 18.0. The van der Waals surface area contributed by atoms with Crippen LogP contribution in [0.1, 0.15) is 38.7 Å². The van der Waals surface area contributed by atoms with E-state index in [0.29, 0.717) is 13.0 Å². The molecule has 0 aliphatic heterocycles. The smallest absolute Gasteiger partial charge is 0.308 e. The van der Waals surface area contributed by atoms with E-state index in [1.807, 2.05) is 38.1 Å². The minimum atomic E-state index is -0.864. The third-order valence-corrected chi connectivity index (χ3v) is 3.27. The molecule has 1 aromatic carbocycles. The summed E-state index contributed by atoms with van der Waals surface area (Å²) in [5.74, 6) is -0.804. The molecule has 0 radical (unpaired) electrons. The maximum Gasteiger partial charge on any atom is 0.308 e. The number of rotatable bonds is 10. The molecule has 0 saturated heterocycles. The Morgan fingerprint density at radius 1 is 1.27 bits per heavy atom. The third kappa shape index (κ3) is 6.61. The Hall–Kier alpha value is -2.04. The van der Waals surface area contributed by atoms with E-state index >= 15 is 0 Å². The van der Waals surface area contributed by atoms with Crippen LogP contribution in [0.5, 0.6) is 5.75 Å². The van der Waals surface area contributed by atoms with Crippen molar-refractivity contribution in [3.63, 3.8) is 0 Å². The summed E-state index contributed by atoms with van der Waals surface area (Å²) in [5.41, 5.74) is 0.855. The molecule has 0 aromatic heterocycles. The molecule has 0 fully saturated rings. The Kier molecular flexibility index (Phi) is 8.04. The molecule has 0 saturated carbocycles. The van der Waals surface area contributed by atoms with E-state index in [0.717, 1.165) is 24.2 Å². The Balaban J connectivity index is 2.49. The predicted molar refractivity (Wildman–Crippen MR) is 85.0 cm³/mol. The summed E-state index contributed by atoms with van der Waals surface area (Å²) < 4.78 is 5.53. The van der Waals surface area contributed by atoms with E-state index in [1.165, 1.54) is 0 Å². The molecule has 1 atom stereocenters. The van der Waals surface area contributed by atoms with Gasteiger partial charge >= 0.3 is 5.97 Å². The lowest BCUT2D eigenvalue weighted by Gasteiger charge is -2.12. The zero-order valence-electron chi connectivity index (χ0n) is 13.3. The normalized spacial score (nSPS) is 11.7. The van der Waals surface area contributed by atoms with Crippen molar-refractivity contribution in [2.45, 2.75) is 39.5 Å². The first-order valence-electron chi connectivity index (χ1n) is 7.78. The van der Waals surface area contributed by atoms with Crippen LogP contribution in [-0.2, 0) is 16.0 Å². The molecule has 5 nitrogen and oxygen atoms in total. The third-order valence-electron chi connectivity index (χ3n) is 3.27. The first-order chi connectivity index (χ1) is 10.6. The van der Waals surface area contributed by atoms with Gasteiger partial charge in [-0.25, -0.2) is 0 Å². The van der Waals surface area contributed by atoms with Crippen LogP contribution >= 0.6 is 0 Å². The van der Waals surface area contributed by atoms with Crippen molar-refractivity contribution in [2.24, 2.45) is 5.92 Å². The second kappa shape index (κ2) is 9.82. The van der Waals surface area contributed by atoms with Gasteiger partial charge in [0.2, 0.25) is 5.91 Å². The SMILES string of the molecule is CCCOc1cccc(CC(=O)NCC(CCC)C(=O)O)c1. The van der Waals surface area contributed by atoms with Crippen LogP contribution in [0.4, 0.5) is 0 Å². The number of benzene rings is 1. The molecule has 5 heteroatoms. The Labute approximate surface area is 131 Å². The summed E-state index contributed by atoms with van der Waals surface area (Å²) in [7, 11) is 0. The fourth-order valence-electron chi connectivity index (χ4n) is 2.11. The molecule has 22 heavy (non-hydrogen) atoms. The minimum absolute atomic E-state index is 0.171. The summed E-state index contributed by atoms with van der Waals surface area (Å²) in [6, 6.07) is 7.42. The molecule has 0 bridgehead atoms. The second-order valence-corrected chi connectivity index (χ2v) is 5.30. The van der Waals surface area contributed by atoms with Crippen molar-refractivity contribution in [1.82, 2.24) is 5.32 Å². The number of ether oxygens (including phenoxy) is 1. The number of carboxylic acids is 1. The Morgan fingerprint density at radius 2 is 2.05 bits per heavy atom. The zero-order chi connectivity index (χ0) is 16.4. The number of hydrogen-bond acceptors (Lipinski definition) is 3. The van der Waals surface area contributed by atoms with E-state index in [-0.39, 0.29) is 18.9 Å².